The van der Waals surface area contributed by atoms with E-state index in [1.807, 2.05) is 24.3 Å². The van der Waals surface area contributed by atoms with Crippen LogP contribution >= 0.6 is 10.5 Å². The van der Waals surface area contributed by atoms with Crippen LogP contribution in [0.4, 0.5) is 0 Å². The predicted octanol–water partition coefficient (Wildman–Crippen LogP) is 9.51. The molecule has 1 aromatic heterocycles. The highest BCUT2D eigenvalue weighted by Gasteiger charge is 2.46. The van der Waals surface area contributed by atoms with Gasteiger partial charge in [-0.05, 0) is 94.0 Å². The molecule has 0 radical (unpaired) electrons. The number of hydrogen-bond donors (Lipinski definition) is 2. The molecule has 0 aliphatic heterocycles. The first-order chi connectivity index (χ1) is 19.7. The van der Waals surface area contributed by atoms with Gasteiger partial charge in [0.05, 0.1) is 5.41 Å². The number of rotatable bonds is 3. The van der Waals surface area contributed by atoms with E-state index in [1.54, 1.807) is 24.3 Å². The fraction of sp³-hybridized carbons (Fsp3) is 0.0270. The van der Waals surface area contributed by atoms with E-state index in [1.165, 1.54) is 47.3 Å². The molecule has 0 fully saturated rings. The molecule has 1 heterocycles. The maximum atomic E-state index is 10.2. The average molecular weight is 534 g/mol. The molecule has 0 atom stereocenters. The minimum absolute atomic E-state index is 0.232. The Morgan fingerprint density at radius 2 is 0.950 bits per heavy atom. The van der Waals surface area contributed by atoms with Gasteiger partial charge in [-0.25, -0.2) is 0 Å². The van der Waals surface area contributed by atoms with Crippen LogP contribution in [0.1, 0.15) is 22.3 Å². The highest BCUT2D eigenvalue weighted by atomic mass is 32.2. The summed E-state index contributed by atoms with van der Waals surface area (Å²) in [5, 5.41) is 23.1. The van der Waals surface area contributed by atoms with Crippen molar-refractivity contribution in [1.82, 2.24) is 0 Å². The van der Waals surface area contributed by atoms with Crippen LogP contribution in [0.2, 0.25) is 0 Å². The molecular formula is C37H25O2S+. The minimum atomic E-state index is -0.606. The molecule has 6 aromatic carbocycles. The van der Waals surface area contributed by atoms with Crippen LogP contribution < -0.4 is 0 Å². The zero-order chi connectivity index (χ0) is 26.8. The van der Waals surface area contributed by atoms with Gasteiger partial charge in [0.25, 0.3) is 0 Å². The van der Waals surface area contributed by atoms with E-state index < -0.39 is 5.41 Å². The molecule has 2 nitrogen and oxygen atoms in total. The minimum Gasteiger partial charge on any atom is -0.508 e. The molecule has 0 bridgehead atoms. The van der Waals surface area contributed by atoms with Gasteiger partial charge in [0.2, 0.25) is 0 Å². The molecule has 7 aromatic rings. The third-order valence-corrected chi connectivity index (χ3v) is 10.7. The van der Waals surface area contributed by atoms with Crippen molar-refractivity contribution in [2.75, 3.05) is 0 Å². The first-order valence-electron chi connectivity index (χ1n) is 13.4. The highest BCUT2D eigenvalue weighted by Crippen LogP contribution is 2.58. The number of fused-ring (bicyclic) bond motifs is 6. The van der Waals surface area contributed by atoms with Crippen molar-refractivity contribution in [3.8, 4) is 27.5 Å². The van der Waals surface area contributed by atoms with E-state index in [-0.39, 0.29) is 22.0 Å². The predicted molar refractivity (Wildman–Crippen MR) is 166 cm³/mol. The normalized spacial score (nSPS) is 13.4. The van der Waals surface area contributed by atoms with Gasteiger partial charge in [-0.15, -0.1) is 0 Å². The summed E-state index contributed by atoms with van der Waals surface area (Å²) in [7, 11) is -0.232. The Bertz CT molecular complexity index is 1970. The van der Waals surface area contributed by atoms with Gasteiger partial charge < -0.3 is 10.2 Å². The largest absolute Gasteiger partial charge is 0.508 e. The molecule has 0 saturated heterocycles. The second-order valence-corrected chi connectivity index (χ2v) is 12.4. The lowest BCUT2D eigenvalue weighted by Crippen LogP contribution is -2.28. The summed E-state index contributed by atoms with van der Waals surface area (Å²) in [6, 6.07) is 48.4. The van der Waals surface area contributed by atoms with Crippen LogP contribution in [0.15, 0.2) is 140 Å². The fourth-order valence-corrected chi connectivity index (χ4v) is 9.11. The third kappa shape index (κ3) is 3.10. The highest BCUT2D eigenvalue weighted by molar-refractivity contribution is 7.50. The van der Waals surface area contributed by atoms with E-state index in [0.717, 1.165) is 11.1 Å². The maximum absolute atomic E-state index is 10.2. The summed E-state index contributed by atoms with van der Waals surface area (Å²) in [5.41, 5.74) is 6.40. The van der Waals surface area contributed by atoms with Crippen LogP contribution in [0.25, 0.3) is 36.2 Å². The standard InChI is InChI=1S/C37H24O2S/c38-26-17-13-24(14-18-26)37(25-15-19-27(39)20-16-25)33-10-4-1-7-29(33)30-22-21-28(23-34(30)37)40-35-11-5-2-8-31(35)32-9-3-6-12-36(32)40/h1-23H,(H-,38,39)/p+1. The van der Waals surface area contributed by atoms with Gasteiger partial charge in [-0.3, -0.25) is 0 Å². The van der Waals surface area contributed by atoms with Crippen LogP contribution in [0.5, 0.6) is 11.5 Å². The Morgan fingerprint density at radius 1 is 0.450 bits per heavy atom. The van der Waals surface area contributed by atoms with E-state index in [9.17, 15) is 10.2 Å². The molecule has 0 amide bonds. The van der Waals surface area contributed by atoms with Crippen molar-refractivity contribution in [3.63, 3.8) is 0 Å². The topological polar surface area (TPSA) is 40.5 Å². The Morgan fingerprint density at radius 3 is 1.55 bits per heavy atom. The van der Waals surface area contributed by atoms with Gasteiger partial charge in [-0.2, -0.15) is 0 Å². The molecule has 1 aliphatic carbocycles. The second kappa shape index (κ2) is 8.57. The molecule has 190 valence electrons. The van der Waals surface area contributed by atoms with Crippen LogP contribution in [-0.4, -0.2) is 10.2 Å². The molecule has 1 aliphatic rings. The maximum Gasteiger partial charge on any atom is 0.187 e. The van der Waals surface area contributed by atoms with E-state index >= 15 is 0 Å². The fourth-order valence-electron chi connectivity index (χ4n) is 6.70. The van der Waals surface area contributed by atoms with Crippen LogP contribution in [-0.2, 0) is 5.41 Å². The first kappa shape index (κ1) is 23.1. The van der Waals surface area contributed by atoms with Crippen molar-refractivity contribution in [2.45, 2.75) is 5.41 Å². The summed E-state index contributed by atoms with van der Waals surface area (Å²) < 4.78 is 2.72. The molecular weight excluding hydrogens is 508 g/mol. The van der Waals surface area contributed by atoms with Crippen molar-refractivity contribution in [2.24, 2.45) is 0 Å². The molecule has 0 spiro atoms. The number of thiophene rings is 1. The Kier molecular flexibility index (Phi) is 4.94. The average Bonchev–Trinajstić information content (AvgIpc) is 3.49. The quantitative estimate of drug-likeness (QED) is 0.222. The molecule has 3 heteroatoms. The number of aromatic hydroxyl groups is 2. The van der Waals surface area contributed by atoms with Gasteiger partial charge in [0.1, 0.15) is 11.5 Å². The summed E-state index contributed by atoms with van der Waals surface area (Å²) in [4.78, 5) is 1.28. The van der Waals surface area contributed by atoms with E-state index in [0.29, 0.717) is 0 Å². The lowest BCUT2D eigenvalue weighted by Gasteiger charge is -2.33. The lowest BCUT2D eigenvalue weighted by molar-refractivity contribution is 0.475. The van der Waals surface area contributed by atoms with Crippen molar-refractivity contribution < 1.29 is 10.2 Å². The monoisotopic (exact) mass is 533 g/mol. The summed E-state index contributed by atoms with van der Waals surface area (Å²) in [6.07, 6.45) is 0. The Balaban J connectivity index is 1.50. The van der Waals surface area contributed by atoms with Crippen molar-refractivity contribution >= 4 is 30.6 Å². The van der Waals surface area contributed by atoms with Crippen LogP contribution in [0, 0.1) is 0 Å². The van der Waals surface area contributed by atoms with Gasteiger partial charge >= 0.3 is 0 Å². The zero-order valence-electron chi connectivity index (χ0n) is 21.6. The summed E-state index contributed by atoms with van der Waals surface area (Å²) in [5.74, 6) is 0.482. The van der Waals surface area contributed by atoms with E-state index in [4.69, 9.17) is 0 Å². The van der Waals surface area contributed by atoms with Gasteiger partial charge in [-0.1, -0.05) is 72.8 Å². The molecule has 40 heavy (non-hydrogen) atoms. The number of benzene rings is 6. The molecule has 0 unspecified atom stereocenters. The third-order valence-electron chi connectivity index (χ3n) is 8.36. The number of hydrogen-bond acceptors (Lipinski definition) is 2. The smallest absolute Gasteiger partial charge is 0.187 e. The van der Waals surface area contributed by atoms with Crippen molar-refractivity contribution in [3.05, 3.63) is 162 Å². The lowest BCUT2D eigenvalue weighted by atomic mass is 9.67. The number of phenols is 2. The van der Waals surface area contributed by atoms with Gasteiger partial charge in [0.15, 0.2) is 14.3 Å². The van der Waals surface area contributed by atoms with E-state index in [2.05, 4.69) is 91.0 Å². The Labute approximate surface area is 235 Å². The van der Waals surface area contributed by atoms with Gasteiger partial charge in [0, 0.05) is 27.3 Å². The summed E-state index contributed by atoms with van der Waals surface area (Å²) >= 11 is 0. The molecule has 2 N–H and O–H groups in total. The SMILES string of the molecule is Oc1ccc(C2(c3ccc(O)cc3)c3ccccc3-c3ccc(-[s+]4c5ccccc5c5ccccc54)cc32)cc1. The summed E-state index contributed by atoms with van der Waals surface area (Å²) in [6.45, 7) is 0. The first-order valence-corrected chi connectivity index (χ1v) is 14.6. The number of phenolic OH excluding ortho intramolecular Hbond substituents is 2. The zero-order valence-corrected chi connectivity index (χ0v) is 22.4. The van der Waals surface area contributed by atoms with Crippen LogP contribution in [0.3, 0.4) is 0 Å². The van der Waals surface area contributed by atoms with Crippen molar-refractivity contribution in [1.29, 1.82) is 0 Å². The molecule has 8 rings (SSSR count). The molecule has 0 saturated carbocycles. The Hall–Kier alpha value is -4.86. The second-order valence-electron chi connectivity index (χ2n) is 10.4.